The molecule has 0 amide bonds. The molecule has 1 aromatic heterocycles. The van der Waals surface area contributed by atoms with Crippen molar-refractivity contribution in [3.8, 4) is 0 Å². The zero-order chi connectivity index (χ0) is 14.4. The highest BCUT2D eigenvalue weighted by Crippen LogP contribution is 2.26. The van der Waals surface area contributed by atoms with E-state index in [1.54, 1.807) is 0 Å². The number of anilines is 1. The van der Waals surface area contributed by atoms with E-state index in [1.807, 2.05) is 11.3 Å². The fourth-order valence-corrected chi connectivity index (χ4v) is 3.65. The molecule has 0 unspecified atom stereocenters. The molecular formula is C15H28N4S. The largest absolute Gasteiger partial charge is 0.346 e. The van der Waals surface area contributed by atoms with Crippen LogP contribution in [0.3, 0.4) is 0 Å². The highest BCUT2D eigenvalue weighted by atomic mass is 32.1. The third-order valence-corrected chi connectivity index (χ3v) is 4.99. The molecule has 1 aliphatic rings. The first kappa shape index (κ1) is 15.7. The highest BCUT2D eigenvalue weighted by Gasteiger charge is 2.19. The molecule has 1 N–H and O–H groups in total. The summed E-state index contributed by atoms with van der Waals surface area (Å²) < 4.78 is 0. The number of rotatable bonds is 7. The number of nitrogens with one attached hydrogen (secondary N) is 1. The monoisotopic (exact) mass is 296 g/mol. The molecule has 20 heavy (non-hydrogen) atoms. The molecule has 2 heterocycles. The Morgan fingerprint density at radius 2 is 1.90 bits per heavy atom. The Bertz CT molecular complexity index is 397. The fraction of sp³-hybridized carbons (Fsp3) is 0.800. The average Bonchev–Trinajstić information content (AvgIpc) is 2.82. The van der Waals surface area contributed by atoms with Crippen LogP contribution >= 0.6 is 11.3 Å². The number of hydrogen-bond acceptors (Lipinski definition) is 5. The maximum absolute atomic E-state index is 4.77. The van der Waals surface area contributed by atoms with Gasteiger partial charge >= 0.3 is 0 Å². The van der Waals surface area contributed by atoms with Crippen LogP contribution in [0, 0.1) is 6.92 Å². The minimum absolute atomic E-state index is 0.965. The van der Waals surface area contributed by atoms with Gasteiger partial charge in [0, 0.05) is 37.6 Å². The van der Waals surface area contributed by atoms with Gasteiger partial charge in [0.1, 0.15) is 0 Å². The first-order valence-electron chi connectivity index (χ1n) is 7.89. The van der Waals surface area contributed by atoms with E-state index in [-0.39, 0.29) is 0 Å². The molecular weight excluding hydrogens is 268 g/mol. The molecule has 0 aromatic carbocycles. The minimum Gasteiger partial charge on any atom is -0.346 e. The summed E-state index contributed by atoms with van der Waals surface area (Å²) in [4.78, 5) is 11.2. The third-order valence-electron chi connectivity index (χ3n) is 3.78. The van der Waals surface area contributed by atoms with E-state index in [9.17, 15) is 0 Å². The SMILES string of the molecule is CCCNCc1sc(N2CCN(CCC)CC2)nc1C. The van der Waals surface area contributed by atoms with Gasteiger partial charge in [-0.1, -0.05) is 13.8 Å². The molecule has 0 radical (unpaired) electrons. The van der Waals surface area contributed by atoms with Gasteiger partial charge in [-0.25, -0.2) is 4.98 Å². The van der Waals surface area contributed by atoms with Gasteiger partial charge in [0.25, 0.3) is 0 Å². The van der Waals surface area contributed by atoms with Crippen LogP contribution in [0.4, 0.5) is 5.13 Å². The van der Waals surface area contributed by atoms with E-state index in [1.165, 1.54) is 48.2 Å². The molecule has 0 bridgehead atoms. The van der Waals surface area contributed by atoms with Gasteiger partial charge in [0.05, 0.1) is 5.69 Å². The Morgan fingerprint density at radius 3 is 2.55 bits per heavy atom. The molecule has 5 heteroatoms. The molecule has 0 saturated carbocycles. The smallest absolute Gasteiger partial charge is 0.185 e. The van der Waals surface area contributed by atoms with Crippen molar-refractivity contribution in [2.24, 2.45) is 0 Å². The van der Waals surface area contributed by atoms with Gasteiger partial charge in [-0.15, -0.1) is 11.3 Å². The van der Waals surface area contributed by atoms with Gasteiger partial charge < -0.3 is 10.2 Å². The summed E-state index contributed by atoms with van der Waals surface area (Å²) in [5, 5.41) is 4.69. The van der Waals surface area contributed by atoms with Crippen molar-refractivity contribution in [2.45, 2.75) is 40.2 Å². The lowest BCUT2D eigenvalue weighted by Gasteiger charge is -2.34. The highest BCUT2D eigenvalue weighted by molar-refractivity contribution is 7.15. The van der Waals surface area contributed by atoms with Gasteiger partial charge in [-0.05, 0) is 32.9 Å². The molecule has 1 aromatic rings. The number of aromatic nitrogens is 1. The van der Waals surface area contributed by atoms with Crippen molar-refractivity contribution in [1.82, 2.24) is 15.2 Å². The molecule has 1 fully saturated rings. The van der Waals surface area contributed by atoms with E-state index >= 15 is 0 Å². The summed E-state index contributed by atoms with van der Waals surface area (Å²) in [6, 6.07) is 0. The standard InChI is InChI=1S/C15H28N4S/c1-4-6-16-12-14-13(3)17-15(20-14)19-10-8-18(7-5-2)9-11-19/h16H,4-12H2,1-3H3. The average molecular weight is 296 g/mol. The topological polar surface area (TPSA) is 31.4 Å². The molecule has 1 saturated heterocycles. The second-order valence-electron chi connectivity index (χ2n) is 5.51. The van der Waals surface area contributed by atoms with Crippen LogP contribution < -0.4 is 10.2 Å². The number of hydrogen-bond donors (Lipinski definition) is 1. The predicted octanol–water partition coefficient (Wildman–Crippen LogP) is 2.48. The summed E-state index contributed by atoms with van der Waals surface area (Å²) in [6.45, 7) is 14.5. The third kappa shape index (κ3) is 4.17. The normalized spacial score (nSPS) is 16.9. The summed E-state index contributed by atoms with van der Waals surface area (Å²) in [5.74, 6) is 0. The van der Waals surface area contributed by atoms with Gasteiger partial charge in [0.2, 0.25) is 0 Å². The molecule has 2 rings (SSSR count). The van der Waals surface area contributed by atoms with Crippen molar-refractivity contribution in [3.05, 3.63) is 10.6 Å². The molecule has 4 nitrogen and oxygen atoms in total. The maximum atomic E-state index is 4.77. The second-order valence-corrected chi connectivity index (χ2v) is 6.57. The summed E-state index contributed by atoms with van der Waals surface area (Å²) in [6.07, 6.45) is 2.44. The zero-order valence-corrected chi connectivity index (χ0v) is 13.9. The van der Waals surface area contributed by atoms with E-state index in [4.69, 9.17) is 4.98 Å². The molecule has 0 spiro atoms. The zero-order valence-electron chi connectivity index (χ0n) is 13.1. The summed E-state index contributed by atoms with van der Waals surface area (Å²) in [7, 11) is 0. The quantitative estimate of drug-likeness (QED) is 0.783. The lowest BCUT2D eigenvalue weighted by molar-refractivity contribution is 0.258. The number of thiazole rings is 1. The van der Waals surface area contributed by atoms with Gasteiger partial charge in [0.15, 0.2) is 5.13 Å². The lowest BCUT2D eigenvalue weighted by atomic mass is 10.3. The van der Waals surface area contributed by atoms with Crippen LogP contribution in [-0.4, -0.2) is 49.2 Å². The molecule has 1 aliphatic heterocycles. The Labute approximate surface area is 127 Å². The molecule has 0 aliphatic carbocycles. The Hall–Kier alpha value is -0.650. The number of aryl methyl sites for hydroxylation is 1. The van der Waals surface area contributed by atoms with Crippen LogP contribution in [0.25, 0.3) is 0 Å². The van der Waals surface area contributed by atoms with Crippen molar-refractivity contribution < 1.29 is 0 Å². The van der Waals surface area contributed by atoms with Crippen molar-refractivity contribution in [3.63, 3.8) is 0 Å². The van der Waals surface area contributed by atoms with E-state index in [0.717, 1.165) is 26.2 Å². The molecule has 114 valence electrons. The summed E-state index contributed by atoms with van der Waals surface area (Å²) in [5.41, 5.74) is 1.20. The van der Waals surface area contributed by atoms with Crippen LogP contribution in [0.5, 0.6) is 0 Å². The van der Waals surface area contributed by atoms with Crippen LogP contribution in [0.2, 0.25) is 0 Å². The second kappa shape index (κ2) is 7.96. The minimum atomic E-state index is 0.965. The van der Waals surface area contributed by atoms with Crippen LogP contribution in [0.15, 0.2) is 0 Å². The van der Waals surface area contributed by atoms with E-state index in [2.05, 4.69) is 35.9 Å². The maximum Gasteiger partial charge on any atom is 0.185 e. The predicted molar refractivity (Wildman–Crippen MR) is 87.8 cm³/mol. The van der Waals surface area contributed by atoms with Crippen molar-refractivity contribution in [1.29, 1.82) is 0 Å². The Balaban J connectivity index is 1.88. The van der Waals surface area contributed by atoms with Crippen molar-refractivity contribution in [2.75, 3.05) is 44.2 Å². The Kier molecular flexibility index (Phi) is 6.26. The first-order valence-corrected chi connectivity index (χ1v) is 8.70. The number of nitrogens with zero attached hydrogens (tertiary/aromatic N) is 3. The fourth-order valence-electron chi connectivity index (χ4n) is 2.57. The number of piperazine rings is 1. The molecule has 0 atom stereocenters. The Morgan fingerprint density at radius 1 is 1.15 bits per heavy atom. The van der Waals surface area contributed by atoms with E-state index < -0.39 is 0 Å². The van der Waals surface area contributed by atoms with Crippen molar-refractivity contribution >= 4 is 16.5 Å². The van der Waals surface area contributed by atoms with Crippen LogP contribution in [-0.2, 0) is 6.54 Å². The lowest BCUT2D eigenvalue weighted by Crippen LogP contribution is -2.46. The first-order chi connectivity index (χ1) is 9.74. The van der Waals surface area contributed by atoms with Crippen LogP contribution in [0.1, 0.15) is 37.3 Å². The summed E-state index contributed by atoms with van der Waals surface area (Å²) >= 11 is 1.86. The van der Waals surface area contributed by atoms with Gasteiger partial charge in [-0.2, -0.15) is 0 Å². The van der Waals surface area contributed by atoms with Gasteiger partial charge in [-0.3, -0.25) is 4.90 Å². The van der Waals surface area contributed by atoms with E-state index in [0.29, 0.717) is 0 Å².